The summed E-state index contributed by atoms with van der Waals surface area (Å²) in [6, 6.07) is 38.0. The summed E-state index contributed by atoms with van der Waals surface area (Å²) in [5.41, 5.74) is 2.16. The normalized spacial score (nSPS) is 15.6. The molecule has 1 aliphatic rings. The van der Waals surface area contributed by atoms with E-state index in [0.29, 0.717) is 6.61 Å². The molecule has 0 saturated carbocycles. The van der Waals surface area contributed by atoms with Gasteiger partial charge in [-0.15, -0.1) is 0 Å². The molecule has 0 spiro atoms. The number of fused-ring (bicyclic) bond motifs is 3. The second kappa shape index (κ2) is 8.73. The van der Waals surface area contributed by atoms with Crippen LogP contribution in [0.25, 0.3) is 11.1 Å². The van der Waals surface area contributed by atoms with E-state index in [9.17, 15) is 0 Å². The van der Waals surface area contributed by atoms with Gasteiger partial charge in [-0.3, -0.25) is 0 Å². The molecule has 0 saturated heterocycles. The average Bonchev–Trinajstić information content (AvgIpc) is 2.88. The van der Waals surface area contributed by atoms with Crippen molar-refractivity contribution in [1.82, 2.24) is 0 Å². The summed E-state index contributed by atoms with van der Waals surface area (Å²) in [6.07, 6.45) is 0.818. The van der Waals surface area contributed by atoms with Gasteiger partial charge in [0.05, 0.1) is 6.61 Å². The van der Waals surface area contributed by atoms with Crippen molar-refractivity contribution in [2.24, 2.45) is 0 Å². The maximum absolute atomic E-state index is 6.79. The molecule has 148 valence electrons. The van der Waals surface area contributed by atoms with E-state index < -0.39 is 7.92 Å². The number of hydrogen-bond donors (Lipinski definition) is 0. The standard InChI is InChI=1S/C27H23O2P/c1-3-11-21(12-4-1)30(22-13-5-2-6-14-22)27-19-20-28-25-17-9-7-15-23(25)24-16-8-10-18-26(24)29-27/h1-18,27H,19-20H2. The summed E-state index contributed by atoms with van der Waals surface area (Å²) in [5.74, 6) is 1.85. The van der Waals surface area contributed by atoms with Crippen LogP contribution in [0.15, 0.2) is 109 Å². The van der Waals surface area contributed by atoms with E-state index in [1.165, 1.54) is 10.6 Å². The predicted molar refractivity (Wildman–Crippen MR) is 125 cm³/mol. The van der Waals surface area contributed by atoms with Crippen molar-refractivity contribution in [3.05, 3.63) is 109 Å². The molecular formula is C27H23O2P. The van der Waals surface area contributed by atoms with Crippen LogP contribution in [0.2, 0.25) is 0 Å². The van der Waals surface area contributed by atoms with Crippen LogP contribution in [0.3, 0.4) is 0 Å². The summed E-state index contributed by atoms with van der Waals surface area (Å²) < 4.78 is 13.0. The molecule has 2 nitrogen and oxygen atoms in total. The van der Waals surface area contributed by atoms with Gasteiger partial charge in [-0.1, -0.05) is 97.1 Å². The maximum Gasteiger partial charge on any atom is 0.128 e. The van der Waals surface area contributed by atoms with Gasteiger partial charge in [-0.25, -0.2) is 0 Å². The first-order valence-electron chi connectivity index (χ1n) is 10.3. The minimum atomic E-state index is -0.712. The SMILES string of the molecule is c1ccc(P(c2ccccc2)C2CCOc3ccccc3-c3ccccc3O2)cc1. The largest absolute Gasteiger partial charge is 0.493 e. The minimum absolute atomic E-state index is 0.0141. The van der Waals surface area contributed by atoms with Gasteiger partial charge in [0, 0.05) is 17.5 Å². The highest BCUT2D eigenvalue weighted by Crippen LogP contribution is 2.45. The zero-order chi connectivity index (χ0) is 20.2. The van der Waals surface area contributed by atoms with Crippen molar-refractivity contribution in [3.63, 3.8) is 0 Å². The van der Waals surface area contributed by atoms with E-state index in [1.54, 1.807) is 0 Å². The second-order valence-corrected chi connectivity index (χ2v) is 9.59. The number of rotatable bonds is 3. The van der Waals surface area contributed by atoms with Crippen LogP contribution >= 0.6 is 7.92 Å². The van der Waals surface area contributed by atoms with Gasteiger partial charge in [-0.05, 0) is 30.7 Å². The Labute approximate surface area is 178 Å². The average molecular weight is 410 g/mol. The molecule has 0 N–H and O–H groups in total. The third-order valence-electron chi connectivity index (χ3n) is 5.31. The molecule has 0 radical (unpaired) electrons. The number of ether oxygens (including phenoxy) is 2. The topological polar surface area (TPSA) is 18.5 Å². The van der Waals surface area contributed by atoms with Gasteiger partial charge in [0.15, 0.2) is 0 Å². The Hall–Kier alpha value is -3.09. The highest BCUT2D eigenvalue weighted by atomic mass is 31.1. The fourth-order valence-electron chi connectivity index (χ4n) is 3.92. The van der Waals surface area contributed by atoms with Crippen LogP contribution in [-0.2, 0) is 0 Å². The number of benzene rings is 4. The van der Waals surface area contributed by atoms with E-state index in [1.807, 2.05) is 18.2 Å². The number of para-hydroxylation sites is 2. The molecule has 0 aromatic heterocycles. The van der Waals surface area contributed by atoms with E-state index in [4.69, 9.17) is 9.47 Å². The summed E-state index contributed by atoms with van der Waals surface area (Å²) >= 11 is 0. The van der Waals surface area contributed by atoms with E-state index in [2.05, 4.69) is 91.0 Å². The molecule has 1 unspecified atom stereocenters. The maximum atomic E-state index is 6.79. The molecule has 4 aromatic rings. The Balaban J connectivity index is 1.61. The molecule has 4 aromatic carbocycles. The van der Waals surface area contributed by atoms with Crippen molar-refractivity contribution in [2.45, 2.75) is 12.3 Å². The van der Waals surface area contributed by atoms with Gasteiger partial charge < -0.3 is 9.47 Å². The lowest BCUT2D eigenvalue weighted by atomic mass is 10.0. The van der Waals surface area contributed by atoms with Crippen molar-refractivity contribution in [2.75, 3.05) is 6.61 Å². The van der Waals surface area contributed by atoms with Gasteiger partial charge in [0.1, 0.15) is 17.3 Å². The van der Waals surface area contributed by atoms with Gasteiger partial charge in [-0.2, -0.15) is 0 Å². The number of hydrogen-bond acceptors (Lipinski definition) is 2. The quantitative estimate of drug-likeness (QED) is 0.387. The molecule has 5 rings (SSSR count). The Morgan fingerprint density at radius 2 is 1.07 bits per heavy atom. The Bertz CT molecular complexity index is 1070. The van der Waals surface area contributed by atoms with Crippen molar-refractivity contribution >= 4 is 18.5 Å². The van der Waals surface area contributed by atoms with Gasteiger partial charge >= 0.3 is 0 Å². The summed E-state index contributed by atoms with van der Waals surface area (Å²) in [7, 11) is -0.712. The predicted octanol–water partition coefficient (Wildman–Crippen LogP) is 5.97. The molecule has 0 bridgehead atoms. The fraction of sp³-hybridized carbons (Fsp3) is 0.111. The highest BCUT2D eigenvalue weighted by molar-refractivity contribution is 7.73. The highest BCUT2D eigenvalue weighted by Gasteiger charge is 2.28. The van der Waals surface area contributed by atoms with Gasteiger partial charge in [0.25, 0.3) is 0 Å². The lowest BCUT2D eigenvalue weighted by molar-refractivity contribution is 0.227. The van der Waals surface area contributed by atoms with Crippen LogP contribution in [0.1, 0.15) is 6.42 Å². The van der Waals surface area contributed by atoms with Crippen LogP contribution in [0.5, 0.6) is 11.5 Å². The zero-order valence-electron chi connectivity index (χ0n) is 16.6. The Kier molecular flexibility index (Phi) is 5.50. The summed E-state index contributed by atoms with van der Waals surface area (Å²) in [4.78, 5) is 0. The smallest absolute Gasteiger partial charge is 0.128 e. The first-order chi connectivity index (χ1) is 14.9. The zero-order valence-corrected chi connectivity index (χ0v) is 17.5. The van der Waals surface area contributed by atoms with Crippen molar-refractivity contribution in [1.29, 1.82) is 0 Å². The summed E-state index contributed by atoms with van der Waals surface area (Å²) in [6.45, 7) is 0.619. The fourth-order valence-corrected chi connectivity index (χ4v) is 6.46. The van der Waals surface area contributed by atoms with E-state index in [-0.39, 0.29) is 5.85 Å². The molecule has 3 heteroatoms. The monoisotopic (exact) mass is 410 g/mol. The molecule has 30 heavy (non-hydrogen) atoms. The Morgan fingerprint density at radius 1 is 0.567 bits per heavy atom. The second-order valence-electron chi connectivity index (χ2n) is 7.24. The van der Waals surface area contributed by atoms with Crippen molar-refractivity contribution < 1.29 is 9.47 Å². The Morgan fingerprint density at radius 3 is 1.70 bits per heavy atom. The molecule has 1 atom stereocenters. The lowest BCUT2D eigenvalue weighted by Gasteiger charge is -2.29. The van der Waals surface area contributed by atoms with Crippen LogP contribution in [0, 0.1) is 0 Å². The molecule has 0 fully saturated rings. The lowest BCUT2D eigenvalue weighted by Crippen LogP contribution is -2.27. The molecule has 1 aliphatic heterocycles. The van der Waals surface area contributed by atoms with E-state index in [0.717, 1.165) is 29.0 Å². The third kappa shape index (κ3) is 3.84. The van der Waals surface area contributed by atoms with Crippen LogP contribution < -0.4 is 20.1 Å². The molecular weight excluding hydrogens is 387 g/mol. The molecule has 1 heterocycles. The first kappa shape index (κ1) is 18.9. The van der Waals surface area contributed by atoms with E-state index >= 15 is 0 Å². The first-order valence-corrected chi connectivity index (χ1v) is 11.7. The minimum Gasteiger partial charge on any atom is -0.493 e. The summed E-state index contributed by atoms with van der Waals surface area (Å²) in [5, 5.41) is 2.64. The van der Waals surface area contributed by atoms with Crippen LogP contribution in [0.4, 0.5) is 0 Å². The van der Waals surface area contributed by atoms with Crippen molar-refractivity contribution in [3.8, 4) is 22.6 Å². The molecule has 0 aliphatic carbocycles. The third-order valence-corrected chi connectivity index (χ3v) is 7.95. The van der Waals surface area contributed by atoms with Crippen LogP contribution in [-0.4, -0.2) is 12.5 Å². The van der Waals surface area contributed by atoms with Gasteiger partial charge in [0.2, 0.25) is 0 Å². The molecule has 0 amide bonds.